The van der Waals surface area contributed by atoms with Crippen molar-refractivity contribution in [2.45, 2.75) is 25.6 Å². The number of piperidine rings is 1. The van der Waals surface area contributed by atoms with Gasteiger partial charge in [0.05, 0.1) is 35.1 Å². The van der Waals surface area contributed by atoms with Crippen molar-refractivity contribution in [3.8, 4) is 5.69 Å². The first-order valence-electron chi connectivity index (χ1n) is 13.9. The van der Waals surface area contributed by atoms with E-state index in [1.54, 1.807) is 43.1 Å². The van der Waals surface area contributed by atoms with Gasteiger partial charge in [0.2, 0.25) is 0 Å². The third kappa shape index (κ3) is 4.54. The molecule has 6 heterocycles. The maximum atomic E-state index is 13.9. The van der Waals surface area contributed by atoms with Gasteiger partial charge in [0.25, 0.3) is 17.0 Å². The Morgan fingerprint density at radius 1 is 0.977 bits per heavy atom. The predicted octanol–water partition coefficient (Wildman–Crippen LogP) is 3.24. The molecule has 13 heteroatoms. The lowest BCUT2D eigenvalue weighted by Crippen LogP contribution is -2.46. The molecular formula is C30H28N6O5S2. The number of fused-ring (bicyclic) bond motifs is 1. The van der Waals surface area contributed by atoms with Crippen molar-refractivity contribution in [1.29, 1.82) is 0 Å². The molecule has 220 valence electrons. The van der Waals surface area contributed by atoms with Crippen LogP contribution in [0.1, 0.15) is 24.1 Å². The minimum Gasteiger partial charge on any atom is -0.355 e. The molecule has 3 aliphatic heterocycles. The SMILES string of the molecule is Cc1c(N2C(=O)C(=Cc3c(N4CCC5(CC4)OCCO5)nc4ccccn4c3=O)SC2=S)c(=O)n(-c2ccccc2)n1C. The summed E-state index contributed by atoms with van der Waals surface area (Å²) in [6.45, 7) is 4.05. The normalized spacial score (nSPS) is 19.4. The molecule has 0 unspecified atom stereocenters. The van der Waals surface area contributed by atoms with Gasteiger partial charge in [0.1, 0.15) is 17.2 Å². The van der Waals surface area contributed by atoms with Crippen LogP contribution < -0.4 is 20.9 Å². The van der Waals surface area contributed by atoms with Crippen molar-refractivity contribution in [2.75, 3.05) is 36.1 Å². The molecule has 0 bridgehead atoms. The van der Waals surface area contributed by atoms with Crippen LogP contribution in [0.25, 0.3) is 17.4 Å². The summed E-state index contributed by atoms with van der Waals surface area (Å²) in [5.74, 6) is -0.572. The molecule has 0 radical (unpaired) electrons. The molecule has 7 rings (SSSR count). The van der Waals surface area contributed by atoms with E-state index in [9.17, 15) is 14.4 Å². The van der Waals surface area contributed by atoms with Crippen LogP contribution in [0.2, 0.25) is 0 Å². The van der Waals surface area contributed by atoms with E-state index in [4.69, 9.17) is 26.7 Å². The van der Waals surface area contributed by atoms with Crippen molar-refractivity contribution in [3.63, 3.8) is 0 Å². The van der Waals surface area contributed by atoms with Gasteiger partial charge in [-0.15, -0.1) is 0 Å². The second-order valence-electron chi connectivity index (χ2n) is 10.6. The number of para-hydroxylation sites is 1. The molecule has 4 aromatic rings. The first-order valence-corrected chi connectivity index (χ1v) is 15.2. The van der Waals surface area contributed by atoms with E-state index < -0.39 is 11.7 Å². The van der Waals surface area contributed by atoms with Gasteiger partial charge in [-0.25, -0.2) is 9.67 Å². The van der Waals surface area contributed by atoms with Gasteiger partial charge in [-0.3, -0.25) is 28.4 Å². The third-order valence-electron chi connectivity index (χ3n) is 8.20. The van der Waals surface area contributed by atoms with Gasteiger partial charge in [-0.2, -0.15) is 0 Å². The molecule has 3 saturated heterocycles. The Morgan fingerprint density at radius 3 is 2.40 bits per heavy atom. The standard InChI is InChI=1S/C30H28N6O5S2/c1-19-24(28(39)36(32(19)2)20-8-4-3-5-9-20)35-27(38)22(43-29(35)42)18-21-25(31-23-10-6-7-13-34(23)26(21)37)33-14-11-30(12-15-33)40-16-17-41-30/h3-10,13,18H,11-12,14-17H2,1-2H3. The average Bonchev–Trinajstić information content (AvgIpc) is 3.65. The molecule has 3 aliphatic rings. The van der Waals surface area contributed by atoms with Crippen molar-refractivity contribution < 1.29 is 14.3 Å². The summed E-state index contributed by atoms with van der Waals surface area (Å²) in [5, 5.41) is 0. The van der Waals surface area contributed by atoms with Crippen LogP contribution in [0.15, 0.2) is 69.2 Å². The number of thiocarbonyl (C=S) groups is 1. The zero-order chi connectivity index (χ0) is 29.9. The smallest absolute Gasteiger partial charge is 0.296 e. The Kier molecular flexibility index (Phi) is 6.84. The molecule has 0 saturated carbocycles. The van der Waals surface area contributed by atoms with E-state index in [1.165, 1.54) is 14.0 Å². The Bertz CT molecular complexity index is 1930. The highest BCUT2D eigenvalue weighted by molar-refractivity contribution is 8.27. The summed E-state index contributed by atoms with van der Waals surface area (Å²) in [7, 11) is 1.76. The Hall–Kier alpha value is -4.04. The molecule has 0 atom stereocenters. The van der Waals surface area contributed by atoms with Gasteiger partial charge >= 0.3 is 0 Å². The first-order chi connectivity index (χ1) is 20.8. The van der Waals surface area contributed by atoms with Crippen LogP contribution in [0.3, 0.4) is 0 Å². The van der Waals surface area contributed by atoms with E-state index in [1.807, 2.05) is 41.3 Å². The van der Waals surface area contributed by atoms with Gasteiger partial charge in [-0.05, 0) is 37.3 Å². The van der Waals surface area contributed by atoms with Gasteiger partial charge in [-0.1, -0.05) is 48.2 Å². The minimum atomic E-state index is -0.592. The number of hydrogen-bond acceptors (Lipinski definition) is 9. The van der Waals surface area contributed by atoms with Crippen molar-refractivity contribution in [1.82, 2.24) is 18.7 Å². The molecule has 1 amide bonds. The number of aromatic nitrogens is 4. The highest BCUT2D eigenvalue weighted by Crippen LogP contribution is 2.38. The van der Waals surface area contributed by atoms with E-state index in [-0.39, 0.29) is 31.6 Å². The largest absolute Gasteiger partial charge is 0.355 e. The second kappa shape index (κ2) is 10.6. The minimum absolute atomic E-state index is 0.184. The molecule has 0 N–H and O–H groups in total. The molecule has 1 spiro atoms. The molecule has 0 aliphatic carbocycles. The number of rotatable bonds is 4. The summed E-state index contributed by atoms with van der Waals surface area (Å²) in [6, 6.07) is 14.6. The Labute approximate surface area is 255 Å². The molecule has 43 heavy (non-hydrogen) atoms. The lowest BCUT2D eigenvalue weighted by molar-refractivity contribution is -0.169. The van der Waals surface area contributed by atoms with Crippen LogP contribution in [-0.2, 0) is 21.3 Å². The number of benzene rings is 1. The van der Waals surface area contributed by atoms with Gasteiger partial charge in [0, 0.05) is 39.2 Å². The number of pyridine rings is 1. The fourth-order valence-electron chi connectivity index (χ4n) is 5.91. The highest BCUT2D eigenvalue weighted by atomic mass is 32.2. The van der Waals surface area contributed by atoms with Gasteiger partial charge < -0.3 is 14.4 Å². The Morgan fingerprint density at radius 2 is 1.67 bits per heavy atom. The van der Waals surface area contributed by atoms with Crippen LogP contribution in [-0.4, -0.2) is 61.1 Å². The maximum absolute atomic E-state index is 13.9. The van der Waals surface area contributed by atoms with Crippen LogP contribution in [0.5, 0.6) is 0 Å². The first kappa shape index (κ1) is 27.8. The summed E-state index contributed by atoms with van der Waals surface area (Å²) in [5.41, 5.74) is 1.54. The number of nitrogens with zero attached hydrogens (tertiary/aromatic N) is 6. The fraction of sp³-hybridized carbons (Fsp3) is 0.300. The number of amides is 1. The zero-order valence-corrected chi connectivity index (χ0v) is 25.2. The van der Waals surface area contributed by atoms with Crippen molar-refractivity contribution >= 4 is 57.4 Å². The summed E-state index contributed by atoms with van der Waals surface area (Å²) in [4.78, 5) is 49.9. The highest BCUT2D eigenvalue weighted by Gasteiger charge is 2.41. The van der Waals surface area contributed by atoms with E-state index in [0.717, 1.165) is 11.8 Å². The monoisotopic (exact) mass is 616 g/mol. The summed E-state index contributed by atoms with van der Waals surface area (Å²) < 4.78 is 16.7. The maximum Gasteiger partial charge on any atom is 0.296 e. The number of carbonyl (C=O) groups is 1. The van der Waals surface area contributed by atoms with Crippen LogP contribution >= 0.6 is 24.0 Å². The third-order valence-corrected chi connectivity index (χ3v) is 9.51. The molecule has 11 nitrogen and oxygen atoms in total. The summed E-state index contributed by atoms with van der Waals surface area (Å²) in [6.07, 6.45) is 4.48. The number of carbonyl (C=O) groups excluding carboxylic acids is 1. The quantitative estimate of drug-likeness (QED) is 0.253. The topological polar surface area (TPSA) is 103 Å². The van der Waals surface area contributed by atoms with Crippen LogP contribution in [0, 0.1) is 6.92 Å². The second-order valence-corrected chi connectivity index (χ2v) is 12.3. The number of thioether (sulfide) groups is 1. The number of hydrogen-bond donors (Lipinski definition) is 0. The van der Waals surface area contributed by atoms with Crippen molar-refractivity contribution in [3.05, 3.63) is 91.6 Å². The molecule has 3 fully saturated rings. The molecule has 1 aromatic carbocycles. The Balaban J connectivity index is 1.29. The van der Waals surface area contributed by atoms with E-state index in [0.29, 0.717) is 62.0 Å². The van der Waals surface area contributed by atoms with Crippen LogP contribution in [0.4, 0.5) is 11.5 Å². The zero-order valence-electron chi connectivity index (χ0n) is 23.6. The average molecular weight is 617 g/mol. The fourth-order valence-corrected chi connectivity index (χ4v) is 7.16. The predicted molar refractivity (Wildman–Crippen MR) is 169 cm³/mol. The van der Waals surface area contributed by atoms with Crippen molar-refractivity contribution in [2.24, 2.45) is 7.05 Å². The lowest BCUT2D eigenvalue weighted by atomic mass is 10.0. The van der Waals surface area contributed by atoms with E-state index >= 15 is 0 Å². The number of ether oxygens (including phenoxy) is 2. The lowest BCUT2D eigenvalue weighted by Gasteiger charge is -2.38. The number of anilines is 2. The van der Waals surface area contributed by atoms with Gasteiger partial charge in [0.15, 0.2) is 10.1 Å². The summed E-state index contributed by atoms with van der Waals surface area (Å²) >= 11 is 6.70. The molecule has 3 aromatic heterocycles. The van der Waals surface area contributed by atoms with E-state index in [2.05, 4.69) is 0 Å². The molecular weight excluding hydrogens is 589 g/mol.